The second-order valence-electron chi connectivity index (χ2n) is 3.88. The Kier molecular flexibility index (Phi) is 4.02. The van der Waals surface area contributed by atoms with Crippen molar-refractivity contribution in [2.45, 2.75) is 6.42 Å². The SMILES string of the molecule is COC(=O)c1ccc(N)c(NCCc2ccco2)n1. The number of hydrogen-bond acceptors (Lipinski definition) is 6. The summed E-state index contributed by atoms with van der Waals surface area (Å²) >= 11 is 0. The lowest BCUT2D eigenvalue weighted by Crippen LogP contribution is -2.11. The Bertz CT molecular complexity index is 552. The van der Waals surface area contributed by atoms with Gasteiger partial charge in [-0.25, -0.2) is 9.78 Å². The first-order chi connectivity index (χ1) is 9.20. The summed E-state index contributed by atoms with van der Waals surface area (Å²) < 4.78 is 9.82. The summed E-state index contributed by atoms with van der Waals surface area (Å²) in [6, 6.07) is 6.87. The van der Waals surface area contributed by atoms with Gasteiger partial charge in [0.1, 0.15) is 11.6 Å². The predicted molar refractivity (Wildman–Crippen MR) is 70.9 cm³/mol. The zero-order valence-electron chi connectivity index (χ0n) is 10.6. The molecule has 0 saturated carbocycles. The monoisotopic (exact) mass is 261 g/mol. The molecule has 3 N–H and O–H groups in total. The van der Waals surface area contributed by atoms with Crippen LogP contribution < -0.4 is 11.1 Å². The first-order valence-corrected chi connectivity index (χ1v) is 5.82. The van der Waals surface area contributed by atoms with E-state index in [0.29, 0.717) is 24.5 Å². The Hall–Kier alpha value is -2.50. The molecule has 0 atom stereocenters. The highest BCUT2D eigenvalue weighted by Gasteiger charge is 2.10. The van der Waals surface area contributed by atoms with Gasteiger partial charge in [0.25, 0.3) is 0 Å². The number of pyridine rings is 1. The molecule has 0 aliphatic carbocycles. The highest BCUT2D eigenvalue weighted by atomic mass is 16.5. The fourth-order valence-electron chi connectivity index (χ4n) is 1.59. The highest BCUT2D eigenvalue weighted by Crippen LogP contribution is 2.16. The zero-order chi connectivity index (χ0) is 13.7. The molecular weight excluding hydrogens is 246 g/mol. The third-order valence-electron chi connectivity index (χ3n) is 2.56. The number of rotatable bonds is 5. The number of methoxy groups -OCH3 is 1. The van der Waals surface area contributed by atoms with Gasteiger partial charge in [-0.3, -0.25) is 0 Å². The molecule has 2 heterocycles. The molecule has 0 aliphatic heterocycles. The number of carbonyl (C=O) groups excluding carboxylic acids is 1. The second kappa shape index (κ2) is 5.90. The van der Waals surface area contributed by atoms with Crippen molar-refractivity contribution >= 4 is 17.5 Å². The minimum absolute atomic E-state index is 0.220. The third kappa shape index (κ3) is 3.25. The predicted octanol–water partition coefficient (Wildman–Crippen LogP) is 1.70. The summed E-state index contributed by atoms with van der Waals surface area (Å²) in [5, 5.41) is 3.07. The van der Waals surface area contributed by atoms with E-state index < -0.39 is 5.97 Å². The summed E-state index contributed by atoms with van der Waals surface area (Å²) in [5.41, 5.74) is 6.49. The molecule has 0 aliphatic rings. The lowest BCUT2D eigenvalue weighted by Gasteiger charge is -2.08. The summed E-state index contributed by atoms with van der Waals surface area (Å²) in [6.07, 6.45) is 2.33. The van der Waals surface area contributed by atoms with Gasteiger partial charge in [0.15, 0.2) is 5.69 Å². The number of furan rings is 1. The summed E-state index contributed by atoms with van der Waals surface area (Å²) in [5.74, 6) is 0.846. The molecule has 0 fully saturated rings. The van der Waals surface area contributed by atoms with Crippen LogP contribution in [0.4, 0.5) is 11.5 Å². The summed E-state index contributed by atoms with van der Waals surface area (Å²) in [7, 11) is 1.31. The Balaban J connectivity index is 2.00. The number of hydrogen-bond donors (Lipinski definition) is 2. The summed E-state index contributed by atoms with van der Waals surface area (Å²) in [6.45, 7) is 0.606. The van der Waals surface area contributed by atoms with Crippen LogP contribution in [0.5, 0.6) is 0 Å². The molecule has 2 aromatic rings. The van der Waals surface area contributed by atoms with E-state index in [1.807, 2.05) is 12.1 Å². The molecule has 0 saturated heterocycles. The van der Waals surface area contributed by atoms with Gasteiger partial charge in [-0.2, -0.15) is 0 Å². The average molecular weight is 261 g/mol. The van der Waals surface area contributed by atoms with Crippen molar-refractivity contribution in [3.8, 4) is 0 Å². The number of nitrogens with one attached hydrogen (secondary N) is 1. The number of nitrogens with zero attached hydrogens (tertiary/aromatic N) is 1. The van der Waals surface area contributed by atoms with Gasteiger partial charge in [-0.15, -0.1) is 0 Å². The molecule has 0 amide bonds. The van der Waals surface area contributed by atoms with Gasteiger partial charge in [0.2, 0.25) is 0 Å². The van der Waals surface area contributed by atoms with E-state index in [1.165, 1.54) is 13.2 Å². The van der Waals surface area contributed by atoms with Gasteiger partial charge in [0, 0.05) is 13.0 Å². The van der Waals surface area contributed by atoms with Crippen molar-refractivity contribution in [1.29, 1.82) is 0 Å². The number of ether oxygens (including phenoxy) is 1. The van der Waals surface area contributed by atoms with Crippen molar-refractivity contribution in [2.24, 2.45) is 0 Å². The minimum atomic E-state index is -0.492. The molecule has 6 nitrogen and oxygen atoms in total. The fraction of sp³-hybridized carbons (Fsp3) is 0.231. The maximum absolute atomic E-state index is 11.4. The molecule has 0 unspecified atom stereocenters. The van der Waals surface area contributed by atoms with E-state index in [9.17, 15) is 4.79 Å². The van der Waals surface area contributed by atoms with Gasteiger partial charge in [-0.1, -0.05) is 0 Å². The Labute approximate surface area is 110 Å². The van der Waals surface area contributed by atoms with Gasteiger partial charge >= 0.3 is 5.97 Å². The molecule has 0 radical (unpaired) electrons. The molecular formula is C13H15N3O3. The first-order valence-electron chi connectivity index (χ1n) is 5.82. The van der Waals surface area contributed by atoms with Crippen LogP contribution in [-0.4, -0.2) is 24.6 Å². The largest absolute Gasteiger partial charge is 0.469 e. The Morgan fingerprint density at radius 3 is 3.00 bits per heavy atom. The average Bonchev–Trinajstić information content (AvgIpc) is 2.93. The van der Waals surface area contributed by atoms with E-state index in [4.69, 9.17) is 10.2 Å². The molecule has 0 aromatic carbocycles. The van der Waals surface area contributed by atoms with Crippen molar-refractivity contribution < 1.29 is 13.9 Å². The van der Waals surface area contributed by atoms with Gasteiger partial charge in [0.05, 0.1) is 19.1 Å². The Morgan fingerprint density at radius 2 is 2.32 bits per heavy atom. The molecule has 2 rings (SSSR count). The molecule has 2 aromatic heterocycles. The van der Waals surface area contributed by atoms with Crippen LogP contribution in [0.3, 0.4) is 0 Å². The van der Waals surface area contributed by atoms with Crippen molar-refractivity contribution in [3.05, 3.63) is 42.0 Å². The number of carbonyl (C=O) groups is 1. The van der Waals surface area contributed by atoms with Crippen LogP contribution >= 0.6 is 0 Å². The van der Waals surface area contributed by atoms with Crippen LogP contribution in [0.25, 0.3) is 0 Å². The third-order valence-corrected chi connectivity index (χ3v) is 2.56. The van der Waals surface area contributed by atoms with Crippen molar-refractivity contribution in [3.63, 3.8) is 0 Å². The quantitative estimate of drug-likeness (QED) is 0.796. The lowest BCUT2D eigenvalue weighted by atomic mass is 10.3. The minimum Gasteiger partial charge on any atom is -0.469 e. The van der Waals surface area contributed by atoms with E-state index in [1.54, 1.807) is 12.3 Å². The van der Waals surface area contributed by atoms with E-state index in [0.717, 1.165) is 5.76 Å². The fourth-order valence-corrected chi connectivity index (χ4v) is 1.59. The van der Waals surface area contributed by atoms with Gasteiger partial charge < -0.3 is 20.2 Å². The lowest BCUT2D eigenvalue weighted by molar-refractivity contribution is 0.0594. The number of nitrogens with two attached hydrogens (primary N) is 1. The zero-order valence-corrected chi connectivity index (χ0v) is 10.6. The maximum atomic E-state index is 11.4. The molecule has 19 heavy (non-hydrogen) atoms. The number of nitrogen functional groups attached to an aromatic ring is 1. The van der Waals surface area contributed by atoms with Gasteiger partial charge in [-0.05, 0) is 24.3 Å². The maximum Gasteiger partial charge on any atom is 0.356 e. The van der Waals surface area contributed by atoms with E-state index >= 15 is 0 Å². The van der Waals surface area contributed by atoms with E-state index in [2.05, 4.69) is 15.0 Å². The summed E-state index contributed by atoms with van der Waals surface area (Å²) in [4.78, 5) is 15.5. The van der Waals surface area contributed by atoms with E-state index in [-0.39, 0.29) is 5.69 Å². The molecule has 0 bridgehead atoms. The van der Waals surface area contributed by atoms with Crippen LogP contribution in [0.1, 0.15) is 16.2 Å². The van der Waals surface area contributed by atoms with Crippen molar-refractivity contribution in [2.75, 3.05) is 24.7 Å². The highest BCUT2D eigenvalue weighted by molar-refractivity contribution is 5.88. The number of anilines is 2. The number of aromatic nitrogens is 1. The standard InChI is InChI=1S/C13H15N3O3/c1-18-13(17)11-5-4-10(14)12(16-11)15-7-6-9-3-2-8-19-9/h2-5,8H,6-7,14H2,1H3,(H,15,16). The first kappa shape index (κ1) is 12.9. The topological polar surface area (TPSA) is 90.4 Å². The molecule has 0 spiro atoms. The van der Waals surface area contributed by atoms with Crippen LogP contribution in [0, 0.1) is 0 Å². The smallest absolute Gasteiger partial charge is 0.356 e. The second-order valence-corrected chi connectivity index (χ2v) is 3.88. The van der Waals surface area contributed by atoms with Crippen LogP contribution in [-0.2, 0) is 11.2 Å². The molecule has 100 valence electrons. The van der Waals surface area contributed by atoms with Crippen LogP contribution in [0.15, 0.2) is 34.9 Å². The normalized spacial score (nSPS) is 10.2. The molecule has 6 heteroatoms. The van der Waals surface area contributed by atoms with Crippen LogP contribution in [0.2, 0.25) is 0 Å². The van der Waals surface area contributed by atoms with Crippen molar-refractivity contribution in [1.82, 2.24) is 4.98 Å². The number of esters is 1. The Morgan fingerprint density at radius 1 is 1.47 bits per heavy atom.